The predicted molar refractivity (Wildman–Crippen MR) is 110 cm³/mol. The first-order valence-corrected chi connectivity index (χ1v) is 9.42. The molecule has 2 heterocycles. The van der Waals surface area contributed by atoms with Crippen LogP contribution < -0.4 is 0 Å². The third-order valence-electron chi connectivity index (χ3n) is 4.85. The molecular formula is C23H17ClN2O3. The summed E-state index contributed by atoms with van der Waals surface area (Å²) in [4.78, 5) is 31.4. The fourth-order valence-electron chi connectivity index (χ4n) is 3.47. The molecule has 6 heteroatoms. The number of benzene rings is 2. The van der Waals surface area contributed by atoms with E-state index in [1.807, 2.05) is 30.3 Å². The van der Waals surface area contributed by atoms with Crippen molar-refractivity contribution in [2.75, 3.05) is 0 Å². The molecule has 1 atom stereocenters. The molecule has 1 aliphatic heterocycles. The molecule has 1 fully saturated rings. The Morgan fingerprint density at radius 1 is 1.00 bits per heavy atom. The number of halogens is 1. The second kappa shape index (κ2) is 7.89. The van der Waals surface area contributed by atoms with Crippen molar-refractivity contribution >= 4 is 29.1 Å². The molecule has 2 aromatic carbocycles. The van der Waals surface area contributed by atoms with Gasteiger partial charge >= 0.3 is 0 Å². The summed E-state index contributed by atoms with van der Waals surface area (Å²) in [5, 5.41) is 11.4. The summed E-state index contributed by atoms with van der Waals surface area (Å²) >= 11 is 5.93. The number of Topliss-reactive ketones (excluding diaryl/α,β-unsaturated/α-hetero) is 1. The van der Waals surface area contributed by atoms with Crippen molar-refractivity contribution in [2.45, 2.75) is 12.6 Å². The normalized spacial score (nSPS) is 18.2. The Morgan fingerprint density at radius 2 is 1.72 bits per heavy atom. The van der Waals surface area contributed by atoms with Crippen LogP contribution in [-0.4, -0.2) is 26.7 Å². The van der Waals surface area contributed by atoms with Crippen molar-refractivity contribution < 1.29 is 14.7 Å². The van der Waals surface area contributed by atoms with Crippen LogP contribution in [0.4, 0.5) is 0 Å². The third-order valence-corrected chi connectivity index (χ3v) is 5.11. The van der Waals surface area contributed by atoms with Crippen LogP contribution in [0.25, 0.3) is 5.76 Å². The Kier molecular flexibility index (Phi) is 5.14. The maximum Gasteiger partial charge on any atom is 0.295 e. The maximum atomic E-state index is 12.9. The second-order valence-corrected chi connectivity index (χ2v) is 7.14. The molecule has 1 unspecified atom stereocenters. The smallest absolute Gasteiger partial charge is 0.295 e. The van der Waals surface area contributed by atoms with Gasteiger partial charge in [-0.05, 0) is 41.5 Å². The van der Waals surface area contributed by atoms with Gasteiger partial charge in [-0.15, -0.1) is 0 Å². The molecule has 0 spiro atoms. The summed E-state index contributed by atoms with van der Waals surface area (Å²) in [6, 6.07) is 18.7. The summed E-state index contributed by atoms with van der Waals surface area (Å²) < 4.78 is 0. The van der Waals surface area contributed by atoms with Crippen molar-refractivity contribution in [3.05, 3.63) is 106 Å². The summed E-state index contributed by atoms with van der Waals surface area (Å²) in [5.41, 5.74) is 2.00. The molecule has 0 radical (unpaired) electrons. The summed E-state index contributed by atoms with van der Waals surface area (Å²) in [6.45, 7) is 0.238. The number of hydrogen-bond acceptors (Lipinski definition) is 4. The van der Waals surface area contributed by atoms with Crippen LogP contribution in [0.1, 0.15) is 22.7 Å². The Bertz CT molecular complexity index is 1080. The fraction of sp³-hybridized carbons (Fsp3) is 0.0870. The summed E-state index contributed by atoms with van der Waals surface area (Å²) in [5.74, 6) is -1.61. The van der Waals surface area contributed by atoms with Gasteiger partial charge in [0.25, 0.3) is 11.7 Å². The quantitative estimate of drug-likeness (QED) is 0.398. The standard InChI is InChI=1S/C23H17ClN2O3/c24-18-10-8-16(9-11-18)21(27)19-20(17-7-4-12-25-13-17)26(23(29)22(19)28)14-15-5-2-1-3-6-15/h1-13,20,27H,14H2. The highest BCUT2D eigenvalue weighted by Gasteiger charge is 2.46. The molecule has 1 aromatic heterocycles. The van der Waals surface area contributed by atoms with Gasteiger partial charge < -0.3 is 10.0 Å². The minimum atomic E-state index is -0.736. The molecule has 4 rings (SSSR count). The number of ketones is 1. The Balaban J connectivity index is 1.85. The van der Waals surface area contributed by atoms with Crippen LogP contribution in [0.15, 0.2) is 84.7 Å². The Labute approximate surface area is 172 Å². The monoisotopic (exact) mass is 404 g/mol. The number of pyridine rings is 1. The van der Waals surface area contributed by atoms with E-state index in [1.165, 1.54) is 4.90 Å². The molecule has 1 N–H and O–H groups in total. The van der Waals surface area contributed by atoms with Crippen LogP contribution >= 0.6 is 11.6 Å². The van der Waals surface area contributed by atoms with Crippen LogP contribution in [0, 0.1) is 0 Å². The fourth-order valence-corrected chi connectivity index (χ4v) is 3.60. The predicted octanol–water partition coefficient (Wildman–Crippen LogP) is 4.36. The topological polar surface area (TPSA) is 70.5 Å². The van der Waals surface area contributed by atoms with E-state index in [1.54, 1.807) is 48.8 Å². The molecule has 0 saturated carbocycles. The molecule has 3 aromatic rings. The molecule has 144 valence electrons. The van der Waals surface area contributed by atoms with E-state index in [9.17, 15) is 14.7 Å². The van der Waals surface area contributed by atoms with E-state index in [0.29, 0.717) is 16.1 Å². The molecule has 0 bridgehead atoms. The zero-order valence-corrected chi connectivity index (χ0v) is 16.1. The van der Waals surface area contributed by atoms with Gasteiger partial charge in [0.1, 0.15) is 5.76 Å². The van der Waals surface area contributed by atoms with Gasteiger partial charge in [0.15, 0.2) is 0 Å². The SMILES string of the molecule is O=C1C(=O)N(Cc2ccccc2)C(c2cccnc2)C1=C(O)c1ccc(Cl)cc1. The van der Waals surface area contributed by atoms with Gasteiger partial charge in [-0.1, -0.05) is 48.0 Å². The zero-order valence-electron chi connectivity index (χ0n) is 15.3. The molecule has 1 saturated heterocycles. The number of aromatic nitrogens is 1. The van der Waals surface area contributed by atoms with Crippen molar-refractivity contribution in [3.8, 4) is 0 Å². The number of rotatable bonds is 4. The van der Waals surface area contributed by atoms with E-state index in [-0.39, 0.29) is 17.9 Å². The van der Waals surface area contributed by atoms with Crippen LogP contribution in [-0.2, 0) is 16.1 Å². The Morgan fingerprint density at radius 3 is 2.38 bits per heavy atom. The number of aliphatic hydroxyl groups excluding tert-OH is 1. The first-order chi connectivity index (χ1) is 14.1. The van der Waals surface area contributed by atoms with Crippen LogP contribution in [0.3, 0.4) is 0 Å². The zero-order chi connectivity index (χ0) is 20.4. The lowest BCUT2D eigenvalue weighted by Gasteiger charge is -2.25. The van der Waals surface area contributed by atoms with E-state index in [2.05, 4.69) is 4.98 Å². The average molecular weight is 405 g/mol. The van der Waals surface area contributed by atoms with Crippen molar-refractivity contribution in [1.29, 1.82) is 0 Å². The number of nitrogens with zero attached hydrogens (tertiary/aromatic N) is 2. The Hall–Kier alpha value is -3.44. The number of amides is 1. The number of carbonyl (C=O) groups is 2. The lowest BCUT2D eigenvalue weighted by atomic mass is 9.96. The molecular weight excluding hydrogens is 388 g/mol. The number of carbonyl (C=O) groups excluding carboxylic acids is 2. The molecule has 1 amide bonds. The number of hydrogen-bond donors (Lipinski definition) is 1. The first-order valence-electron chi connectivity index (χ1n) is 9.04. The minimum Gasteiger partial charge on any atom is -0.507 e. The van der Waals surface area contributed by atoms with Gasteiger partial charge in [-0.3, -0.25) is 14.6 Å². The van der Waals surface area contributed by atoms with E-state index in [4.69, 9.17) is 11.6 Å². The average Bonchev–Trinajstić information content (AvgIpc) is 3.00. The number of aliphatic hydroxyl groups is 1. The van der Waals surface area contributed by atoms with E-state index in [0.717, 1.165) is 5.56 Å². The van der Waals surface area contributed by atoms with E-state index >= 15 is 0 Å². The summed E-state index contributed by atoms with van der Waals surface area (Å²) in [6.07, 6.45) is 3.22. The van der Waals surface area contributed by atoms with Gasteiger partial charge in [0.2, 0.25) is 0 Å². The minimum absolute atomic E-state index is 0.0428. The second-order valence-electron chi connectivity index (χ2n) is 6.71. The highest BCUT2D eigenvalue weighted by atomic mass is 35.5. The highest BCUT2D eigenvalue weighted by Crippen LogP contribution is 2.40. The van der Waals surface area contributed by atoms with Gasteiger partial charge in [0.05, 0.1) is 11.6 Å². The van der Waals surface area contributed by atoms with Crippen molar-refractivity contribution in [2.24, 2.45) is 0 Å². The third kappa shape index (κ3) is 3.65. The lowest BCUT2D eigenvalue weighted by molar-refractivity contribution is -0.140. The lowest BCUT2D eigenvalue weighted by Crippen LogP contribution is -2.29. The van der Waals surface area contributed by atoms with Gasteiger partial charge in [-0.25, -0.2) is 0 Å². The van der Waals surface area contributed by atoms with E-state index < -0.39 is 17.7 Å². The highest BCUT2D eigenvalue weighted by molar-refractivity contribution is 6.46. The van der Waals surface area contributed by atoms with Crippen molar-refractivity contribution in [1.82, 2.24) is 9.88 Å². The molecule has 1 aliphatic rings. The molecule has 5 nitrogen and oxygen atoms in total. The van der Waals surface area contributed by atoms with Crippen LogP contribution in [0.5, 0.6) is 0 Å². The first kappa shape index (κ1) is 18.9. The van der Waals surface area contributed by atoms with Crippen LogP contribution in [0.2, 0.25) is 5.02 Å². The van der Waals surface area contributed by atoms with Gasteiger partial charge in [-0.2, -0.15) is 0 Å². The maximum absolute atomic E-state index is 12.9. The largest absolute Gasteiger partial charge is 0.507 e. The molecule has 0 aliphatic carbocycles. The van der Waals surface area contributed by atoms with Crippen molar-refractivity contribution in [3.63, 3.8) is 0 Å². The molecule has 29 heavy (non-hydrogen) atoms. The van der Waals surface area contributed by atoms with Gasteiger partial charge in [0, 0.05) is 29.5 Å². The number of likely N-dealkylation sites (tertiary alicyclic amines) is 1. The summed E-state index contributed by atoms with van der Waals surface area (Å²) in [7, 11) is 0.